The summed E-state index contributed by atoms with van der Waals surface area (Å²) in [4.78, 5) is 46.7. The second kappa shape index (κ2) is 9.95. The summed E-state index contributed by atoms with van der Waals surface area (Å²) in [5.41, 5.74) is 3.08. The van der Waals surface area contributed by atoms with Crippen LogP contribution in [-0.4, -0.2) is 45.7 Å². The molecular weight excluding hydrogens is 428 g/mol. The Bertz CT molecular complexity index is 1030. The van der Waals surface area contributed by atoms with Gasteiger partial charge >= 0.3 is 0 Å². The molecule has 1 saturated heterocycles. The van der Waals surface area contributed by atoms with Gasteiger partial charge in [-0.1, -0.05) is 38.1 Å². The maximum atomic E-state index is 14.1. The van der Waals surface area contributed by atoms with Crippen LogP contribution in [-0.2, 0) is 27.2 Å². The molecule has 0 radical (unpaired) electrons. The zero-order valence-electron chi connectivity index (χ0n) is 20.3. The van der Waals surface area contributed by atoms with Gasteiger partial charge in [0.1, 0.15) is 18.1 Å². The number of hydrogen-bond donors (Lipinski definition) is 2. The molecule has 3 amide bonds. The van der Waals surface area contributed by atoms with Gasteiger partial charge in [0.15, 0.2) is 0 Å². The van der Waals surface area contributed by atoms with Gasteiger partial charge < -0.3 is 15.5 Å². The number of piperazine rings is 1. The largest absolute Gasteiger partial charge is 0.352 e. The lowest BCUT2D eigenvalue weighted by Crippen LogP contribution is -2.67. The molecule has 0 unspecified atom stereocenters. The second-order valence-electron chi connectivity index (χ2n) is 10.2. The summed E-state index contributed by atoms with van der Waals surface area (Å²) in [5, 5.41) is 6.00. The van der Waals surface area contributed by atoms with E-state index in [1.54, 1.807) is 29.4 Å². The number of rotatable bonds is 7. The molecule has 180 valence electrons. The summed E-state index contributed by atoms with van der Waals surface area (Å²) in [6.07, 6.45) is 5.16. The third kappa shape index (κ3) is 4.83. The quantitative estimate of drug-likeness (QED) is 0.662. The summed E-state index contributed by atoms with van der Waals surface area (Å²) in [6, 6.07) is 9.27. The molecule has 0 bridgehead atoms. The van der Waals surface area contributed by atoms with E-state index in [-0.39, 0.29) is 35.6 Å². The fourth-order valence-electron chi connectivity index (χ4n) is 5.22. The lowest BCUT2D eigenvalue weighted by molar-refractivity contribution is -0.158. The first-order valence-corrected chi connectivity index (χ1v) is 12.2. The Kier molecular flexibility index (Phi) is 7.00. The highest BCUT2D eigenvalue weighted by Crippen LogP contribution is 2.35. The van der Waals surface area contributed by atoms with Crippen LogP contribution in [0.5, 0.6) is 0 Å². The zero-order chi connectivity index (χ0) is 24.4. The number of hydrogen-bond acceptors (Lipinski definition) is 4. The molecule has 2 aromatic rings. The number of carbonyl (C=O) groups is 3. The predicted octanol–water partition coefficient (Wildman–Crippen LogP) is 2.80. The van der Waals surface area contributed by atoms with Crippen molar-refractivity contribution in [1.82, 2.24) is 20.5 Å². The Morgan fingerprint density at radius 2 is 1.68 bits per heavy atom. The van der Waals surface area contributed by atoms with Gasteiger partial charge in [-0.25, -0.2) is 0 Å². The smallest absolute Gasteiger partial charge is 0.247 e. The molecule has 1 fully saturated rings. The van der Waals surface area contributed by atoms with Crippen molar-refractivity contribution in [3.05, 3.63) is 65.5 Å². The van der Waals surface area contributed by atoms with Crippen LogP contribution in [0.2, 0.25) is 0 Å². The molecule has 1 aliphatic carbocycles. The molecule has 7 heteroatoms. The van der Waals surface area contributed by atoms with E-state index in [0.717, 1.165) is 12.8 Å². The molecule has 4 rings (SSSR count). The second-order valence-corrected chi connectivity index (χ2v) is 10.2. The first-order chi connectivity index (χ1) is 16.3. The number of aromatic nitrogens is 1. The number of benzene rings is 1. The van der Waals surface area contributed by atoms with E-state index in [1.165, 1.54) is 11.1 Å². The Balaban J connectivity index is 1.73. The van der Waals surface area contributed by atoms with Gasteiger partial charge in [0.2, 0.25) is 17.7 Å². The molecule has 34 heavy (non-hydrogen) atoms. The van der Waals surface area contributed by atoms with Gasteiger partial charge in [-0.3, -0.25) is 19.4 Å². The lowest BCUT2D eigenvalue weighted by Gasteiger charge is -2.45. The first-order valence-electron chi connectivity index (χ1n) is 12.2. The summed E-state index contributed by atoms with van der Waals surface area (Å²) in [6.45, 7) is 7.81. The van der Waals surface area contributed by atoms with Crippen LogP contribution in [0, 0.1) is 11.8 Å². The van der Waals surface area contributed by atoms with Crippen LogP contribution < -0.4 is 10.6 Å². The molecule has 1 aromatic carbocycles. The van der Waals surface area contributed by atoms with Gasteiger partial charge in [0, 0.05) is 18.4 Å². The third-order valence-corrected chi connectivity index (χ3v) is 6.68. The van der Waals surface area contributed by atoms with Crippen molar-refractivity contribution in [1.29, 1.82) is 0 Å². The average molecular weight is 463 g/mol. The number of carbonyl (C=O) groups excluding carboxylic acids is 3. The molecular formula is C27H34N4O3. The summed E-state index contributed by atoms with van der Waals surface area (Å²) in [5.74, 6) is -0.534. The average Bonchev–Trinajstić information content (AvgIpc) is 3.22. The number of nitrogens with zero attached hydrogens (tertiary/aromatic N) is 2. The standard InChI is InChI=1S/C27H34N4O3/c1-16(2)13-22-25(32)30-23(21-14-19-7-5-6-8-20(19)15-21)27(34)31(22)24(26(33)29-17(3)4)18-9-11-28-12-10-18/h5-12,16-17,21-24H,13-15H2,1-4H3,(H,29,33)(H,30,32)/t22-,23-,24-/m1/s1. The predicted molar refractivity (Wildman–Crippen MR) is 130 cm³/mol. The number of nitrogens with one attached hydrogen (secondary N) is 2. The molecule has 0 saturated carbocycles. The Labute approximate surface area is 201 Å². The molecule has 2 N–H and O–H groups in total. The molecule has 7 nitrogen and oxygen atoms in total. The van der Waals surface area contributed by atoms with Crippen molar-refractivity contribution in [3.63, 3.8) is 0 Å². The SMILES string of the molecule is CC(C)C[C@@H]1C(=O)N[C@H](C2Cc3ccccc3C2)C(=O)N1[C@@H](C(=O)NC(C)C)c1ccncc1. The maximum Gasteiger partial charge on any atom is 0.247 e. The van der Waals surface area contributed by atoms with Crippen LogP contribution >= 0.6 is 0 Å². The maximum absolute atomic E-state index is 14.1. The van der Waals surface area contributed by atoms with Crippen molar-refractivity contribution in [2.24, 2.45) is 11.8 Å². The van der Waals surface area contributed by atoms with Crippen LogP contribution in [0.3, 0.4) is 0 Å². The summed E-state index contributed by atoms with van der Waals surface area (Å²) >= 11 is 0. The third-order valence-electron chi connectivity index (χ3n) is 6.68. The minimum Gasteiger partial charge on any atom is -0.352 e. The minimum absolute atomic E-state index is 0.0393. The molecule has 1 aliphatic heterocycles. The fourth-order valence-corrected chi connectivity index (χ4v) is 5.22. The summed E-state index contributed by atoms with van der Waals surface area (Å²) < 4.78 is 0. The number of fused-ring (bicyclic) bond motifs is 1. The molecule has 2 heterocycles. The lowest BCUT2D eigenvalue weighted by atomic mass is 9.88. The monoisotopic (exact) mass is 462 g/mol. The van der Waals surface area contributed by atoms with E-state index in [9.17, 15) is 14.4 Å². The van der Waals surface area contributed by atoms with Crippen molar-refractivity contribution in [3.8, 4) is 0 Å². The van der Waals surface area contributed by atoms with E-state index >= 15 is 0 Å². The first kappa shape index (κ1) is 23.9. The number of amides is 3. The normalized spacial score (nSPS) is 21.5. The Morgan fingerprint density at radius 3 is 2.24 bits per heavy atom. The van der Waals surface area contributed by atoms with Gasteiger partial charge in [0.25, 0.3) is 0 Å². The highest BCUT2D eigenvalue weighted by molar-refractivity contribution is 6.00. The summed E-state index contributed by atoms with van der Waals surface area (Å²) in [7, 11) is 0. The fraction of sp³-hybridized carbons (Fsp3) is 0.481. The topological polar surface area (TPSA) is 91.4 Å². The van der Waals surface area contributed by atoms with Gasteiger partial charge in [-0.05, 0) is 73.8 Å². The molecule has 0 spiro atoms. The van der Waals surface area contributed by atoms with Crippen molar-refractivity contribution in [2.75, 3.05) is 0 Å². The van der Waals surface area contributed by atoms with Crippen molar-refractivity contribution in [2.45, 2.75) is 71.1 Å². The van der Waals surface area contributed by atoms with Gasteiger partial charge in [-0.15, -0.1) is 0 Å². The van der Waals surface area contributed by atoms with Crippen LogP contribution in [0.15, 0.2) is 48.8 Å². The van der Waals surface area contributed by atoms with E-state index < -0.39 is 18.1 Å². The van der Waals surface area contributed by atoms with E-state index in [2.05, 4.69) is 27.8 Å². The van der Waals surface area contributed by atoms with E-state index in [4.69, 9.17) is 0 Å². The minimum atomic E-state index is -0.904. The highest BCUT2D eigenvalue weighted by atomic mass is 16.2. The zero-order valence-corrected chi connectivity index (χ0v) is 20.3. The van der Waals surface area contributed by atoms with Crippen molar-refractivity contribution >= 4 is 17.7 Å². The highest BCUT2D eigenvalue weighted by Gasteiger charge is 2.49. The van der Waals surface area contributed by atoms with E-state index in [1.807, 2.05) is 39.8 Å². The van der Waals surface area contributed by atoms with Gasteiger partial charge in [0.05, 0.1) is 0 Å². The Morgan fingerprint density at radius 1 is 1.06 bits per heavy atom. The molecule has 1 aromatic heterocycles. The van der Waals surface area contributed by atoms with Crippen LogP contribution in [0.4, 0.5) is 0 Å². The van der Waals surface area contributed by atoms with E-state index in [0.29, 0.717) is 12.0 Å². The molecule has 3 atom stereocenters. The number of pyridine rings is 1. The molecule has 2 aliphatic rings. The Hall–Kier alpha value is -3.22. The van der Waals surface area contributed by atoms with Crippen LogP contribution in [0.1, 0.15) is 56.8 Å². The van der Waals surface area contributed by atoms with Crippen molar-refractivity contribution < 1.29 is 14.4 Å². The van der Waals surface area contributed by atoms with Crippen LogP contribution in [0.25, 0.3) is 0 Å². The van der Waals surface area contributed by atoms with Gasteiger partial charge in [-0.2, -0.15) is 0 Å².